The van der Waals surface area contributed by atoms with Crippen LogP contribution in [0.2, 0.25) is 0 Å². The fraction of sp³-hybridized carbons (Fsp3) is 0.727. The standard InChI is InChI=1S/C11H19N5O/c12-11(17)10(9-5-2-1-3-6-9)14-7-4-8-15-16-13/h1-2,9-10,14H,3-8H2,(H2,12,17). The van der Waals surface area contributed by atoms with E-state index in [0.717, 1.165) is 25.7 Å². The van der Waals surface area contributed by atoms with Crippen molar-refractivity contribution in [1.82, 2.24) is 5.32 Å². The Kier molecular flexibility index (Phi) is 6.14. The molecule has 2 atom stereocenters. The van der Waals surface area contributed by atoms with Gasteiger partial charge in [-0.05, 0) is 43.7 Å². The van der Waals surface area contributed by atoms with E-state index in [0.29, 0.717) is 13.1 Å². The van der Waals surface area contributed by atoms with E-state index in [4.69, 9.17) is 11.3 Å². The Morgan fingerprint density at radius 2 is 2.47 bits per heavy atom. The molecule has 6 heteroatoms. The minimum atomic E-state index is -0.297. The summed E-state index contributed by atoms with van der Waals surface area (Å²) in [7, 11) is 0. The third-order valence-electron chi connectivity index (χ3n) is 2.95. The van der Waals surface area contributed by atoms with Crippen LogP contribution in [-0.4, -0.2) is 25.0 Å². The Bertz CT molecular complexity index is 322. The largest absolute Gasteiger partial charge is 0.368 e. The van der Waals surface area contributed by atoms with Crippen LogP contribution >= 0.6 is 0 Å². The van der Waals surface area contributed by atoms with Gasteiger partial charge in [0.15, 0.2) is 0 Å². The molecule has 0 aromatic heterocycles. The molecule has 0 spiro atoms. The van der Waals surface area contributed by atoms with E-state index in [2.05, 4.69) is 27.5 Å². The molecule has 0 aromatic rings. The lowest BCUT2D eigenvalue weighted by Gasteiger charge is -2.26. The number of rotatable bonds is 7. The van der Waals surface area contributed by atoms with Crippen LogP contribution in [-0.2, 0) is 4.79 Å². The predicted octanol–water partition coefficient (Wildman–Crippen LogP) is 1.49. The van der Waals surface area contributed by atoms with Gasteiger partial charge in [-0.2, -0.15) is 0 Å². The maximum Gasteiger partial charge on any atom is 0.234 e. The zero-order valence-electron chi connectivity index (χ0n) is 9.88. The summed E-state index contributed by atoms with van der Waals surface area (Å²) in [6.07, 6.45) is 7.86. The second-order valence-electron chi connectivity index (χ2n) is 4.19. The molecule has 0 saturated carbocycles. The lowest BCUT2D eigenvalue weighted by Crippen LogP contribution is -2.47. The summed E-state index contributed by atoms with van der Waals surface area (Å²) in [5.41, 5.74) is 13.5. The molecule has 1 rings (SSSR count). The van der Waals surface area contributed by atoms with Crippen LogP contribution in [0.3, 0.4) is 0 Å². The average Bonchev–Trinajstić information content (AvgIpc) is 2.34. The van der Waals surface area contributed by atoms with E-state index in [-0.39, 0.29) is 17.9 Å². The normalized spacial score (nSPS) is 20.6. The van der Waals surface area contributed by atoms with E-state index in [1.165, 1.54) is 0 Å². The third kappa shape index (κ3) is 4.89. The summed E-state index contributed by atoms with van der Waals surface area (Å²) in [5, 5.41) is 6.60. The number of nitrogens with zero attached hydrogens (tertiary/aromatic N) is 3. The number of nitrogens with one attached hydrogen (secondary N) is 1. The van der Waals surface area contributed by atoms with Crippen molar-refractivity contribution in [2.24, 2.45) is 16.8 Å². The Hall–Kier alpha value is -1.52. The van der Waals surface area contributed by atoms with E-state index in [1.54, 1.807) is 0 Å². The molecule has 1 amide bonds. The van der Waals surface area contributed by atoms with Crippen molar-refractivity contribution in [3.8, 4) is 0 Å². The van der Waals surface area contributed by atoms with Gasteiger partial charge in [0.25, 0.3) is 0 Å². The lowest BCUT2D eigenvalue weighted by atomic mass is 9.87. The van der Waals surface area contributed by atoms with Crippen LogP contribution in [0.5, 0.6) is 0 Å². The van der Waals surface area contributed by atoms with Crippen LogP contribution in [0, 0.1) is 5.92 Å². The summed E-state index contributed by atoms with van der Waals surface area (Å²) in [6, 6.07) is -0.272. The van der Waals surface area contributed by atoms with E-state index in [9.17, 15) is 4.79 Å². The number of azide groups is 1. The Morgan fingerprint density at radius 1 is 1.65 bits per heavy atom. The highest BCUT2D eigenvalue weighted by Gasteiger charge is 2.25. The maximum absolute atomic E-state index is 11.4. The zero-order chi connectivity index (χ0) is 12.5. The van der Waals surface area contributed by atoms with Crippen LogP contribution in [0.1, 0.15) is 25.7 Å². The van der Waals surface area contributed by atoms with Gasteiger partial charge in [0, 0.05) is 11.5 Å². The first-order valence-electron chi connectivity index (χ1n) is 5.94. The molecular formula is C11H19N5O. The molecule has 0 aliphatic heterocycles. The van der Waals surface area contributed by atoms with Crippen molar-refractivity contribution in [2.45, 2.75) is 31.7 Å². The summed E-state index contributed by atoms with van der Waals surface area (Å²) >= 11 is 0. The van der Waals surface area contributed by atoms with Gasteiger partial charge in [-0.25, -0.2) is 0 Å². The number of primary amides is 1. The van der Waals surface area contributed by atoms with Gasteiger partial charge in [0.2, 0.25) is 5.91 Å². The minimum absolute atomic E-state index is 0.272. The smallest absolute Gasteiger partial charge is 0.234 e. The number of carbonyl (C=O) groups is 1. The number of nitrogens with two attached hydrogens (primary N) is 1. The summed E-state index contributed by atoms with van der Waals surface area (Å²) in [6.45, 7) is 1.09. The maximum atomic E-state index is 11.4. The van der Waals surface area contributed by atoms with Crippen LogP contribution in [0.25, 0.3) is 10.4 Å². The molecule has 0 saturated heterocycles. The van der Waals surface area contributed by atoms with Gasteiger partial charge in [-0.1, -0.05) is 17.3 Å². The van der Waals surface area contributed by atoms with Gasteiger partial charge < -0.3 is 11.1 Å². The van der Waals surface area contributed by atoms with Gasteiger partial charge >= 0.3 is 0 Å². The molecule has 1 aliphatic carbocycles. The Balaban J connectivity index is 2.35. The first-order valence-corrected chi connectivity index (χ1v) is 5.94. The molecule has 0 bridgehead atoms. The lowest BCUT2D eigenvalue weighted by molar-refractivity contribution is -0.121. The highest BCUT2D eigenvalue weighted by molar-refractivity contribution is 5.80. The van der Waals surface area contributed by atoms with Crippen molar-refractivity contribution in [3.05, 3.63) is 22.6 Å². The van der Waals surface area contributed by atoms with Crippen LogP contribution < -0.4 is 11.1 Å². The summed E-state index contributed by atoms with van der Waals surface area (Å²) < 4.78 is 0. The first-order chi connectivity index (χ1) is 8.25. The first kappa shape index (κ1) is 13.5. The molecule has 0 aromatic carbocycles. The molecule has 0 heterocycles. The van der Waals surface area contributed by atoms with Crippen molar-refractivity contribution in [1.29, 1.82) is 0 Å². The molecule has 94 valence electrons. The number of hydrogen-bond acceptors (Lipinski definition) is 3. The summed E-state index contributed by atoms with van der Waals surface area (Å²) in [4.78, 5) is 14.0. The average molecular weight is 237 g/mol. The topological polar surface area (TPSA) is 104 Å². The van der Waals surface area contributed by atoms with Gasteiger partial charge in [-0.3, -0.25) is 4.79 Å². The van der Waals surface area contributed by atoms with Crippen molar-refractivity contribution in [3.63, 3.8) is 0 Å². The fourth-order valence-electron chi connectivity index (χ4n) is 2.07. The van der Waals surface area contributed by atoms with Crippen molar-refractivity contribution < 1.29 is 4.79 Å². The van der Waals surface area contributed by atoms with E-state index >= 15 is 0 Å². The number of carbonyl (C=O) groups excluding carboxylic acids is 1. The fourth-order valence-corrected chi connectivity index (χ4v) is 2.07. The molecule has 0 radical (unpaired) electrons. The van der Waals surface area contributed by atoms with Crippen molar-refractivity contribution >= 4 is 5.91 Å². The number of hydrogen-bond donors (Lipinski definition) is 2. The third-order valence-corrected chi connectivity index (χ3v) is 2.95. The van der Waals surface area contributed by atoms with Crippen LogP contribution in [0.15, 0.2) is 17.3 Å². The van der Waals surface area contributed by atoms with E-state index < -0.39 is 0 Å². The summed E-state index contributed by atoms with van der Waals surface area (Å²) in [5.74, 6) is -0.00828. The molecule has 0 fully saturated rings. The Labute approximate surface area is 101 Å². The zero-order valence-corrected chi connectivity index (χ0v) is 9.88. The number of allylic oxidation sites excluding steroid dienone is 2. The monoisotopic (exact) mass is 237 g/mol. The predicted molar refractivity (Wildman–Crippen MR) is 66.1 cm³/mol. The molecule has 17 heavy (non-hydrogen) atoms. The minimum Gasteiger partial charge on any atom is -0.368 e. The second-order valence-corrected chi connectivity index (χ2v) is 4.19. The van der Waals surface area contributed by atoms with Gasteiger partial charge in [0.05, 0.1) is 6.04 Å². The number of amides is 1. The molecule has 2 unspecified atom stereocenters. The quantitative estimate of drug-likeness (QED) is 0.230. The SMILES string of the molecule is [N-]=[N+]=NCCCNC(C(N)=O)C1CC=CCC1. The van der Waals surface area contributed by atoms with Gasteiger partial charge in [-0.15, -0.1) is 0 Å². The Morgan fingerprint density at radius 3 is 3.06 bits per heavy atom. The van der Waals surface area contributed by atoms with E-state index in [1.807, 2.05) is 0 Å². The van der Waals surface area contributed by atoms with Gasteiger partial charge in [0.1, 0.15) is 0 Å². The van der Waals surface area contributed by atoms with Crippen LogP contribution in [0.4, 0.5) is 0 Å². The molecule has 1 aliphatic rings. The molecular weight excluding hydrogens is 218 g/mol. The van der Waals surface area contributed by atoms with Crippen molar-refractivity contribution in [2.75, 3.05) is 13.1 Å². The molecule has 3 N–H and O–H groups in total. The highest BCUT2D eigenvalue weighted by atomic mass is 16.1. The second kappa shape index (κ2) is 7.70. The molecule has 6 nitrogen and oxygen atoms in total. The highest BCUT2D eigenvalue weighted by Crippen LogP contribution is 2.21.